The van der Waals surface area contributed by atoms with Crippen LogP contribution in [0.25, 0.3) is 6.08 Å². The molecule has 0 unspecified atom stereocenters. The van der Waals surface area contributed by atoms with E-state index in [-0.39, 0.29) is 24.0 Å². The van der Waals surface area contributed by atoms with E-state index < -0.39 is 17.8 Å². The Morgan fingerprint density at radius 3 is 2.51 bits per heavy atom. The van der Waals surface area contributed by atoms with Gasteiger partial charge in [0.05, 0.1) is 17.0 Å². The minimum Gasteiger partial charge on any atom is -0.457 e. The van der Waals surface area contributed by atoms with Crippen LogP contribution < -0.4 is 25.0 Å². The zero-order valence-corrected chi connectivity index (χ0v) is 24.1. The van der Waals surface area contributed by atoms with Gasteiger partial charge in [0, 0.05) is 15.6 Å². The molecule has 5 rings (SSSR count). The van der Waals surface area contributed by atoms with Gasteiger partial charge in [-0.3, -0.25) is 9.59 Å². The van der Waals surface area contributed by atoms with Crippen LogP contribution in [0.15, 0.2) is 103 Å². The molecule has 0 saturated heterocycles. The summed E-state index contributed by atoms with van der Waals surface area (Å²) >= 11 is 6.77. The maximum Gasteiger partial charge on any atom is 0.379 e. The van der Waals surface area contributed by atoms with Crippen molar-refractivity contribution in [3.8, 4) is 17.2 Å². The van der Waals surface area contributed by atoms with E-state index in [9.17, 15) is 14.4 Å². The normalized spacial score (nSPS) is 12.3. The Morgan fingerprint density at radius 1 is 0.927 bits per heavy atom. The molecule has 0 aliphatic carbocycles. The van der Waals surface area contributed by atoms with E-state index >= 15 is 0 Å². The van der Waals surface area contributed by atoms with Crippen molar-refractivity contribution in [1.82, 2.24) is 10.7 Å². The van der Waals surface area contributed by atoms with E-state index in [0.717, 1.165) is 0 Å². The maximum atomic E-state index is 13.2. The second-order valence-electron chi connectivity index (χ2n) is 8.36. The topological polar surface area (TPSA) is 128 Å². The average Bonchev–Trinajstić information content (AvgIpc) is 3.67. The van der Waals surface area contributed by atoms with E-state index in [1.807, 2.05) is 0 Å². The summed E-state index contributed by atoms with van der Waals surface area (Å²) in [5.41, 5.74) is 3.64. The number of halogens is 2. The maximum absolute atomic E-state index is 13.2. The SMILES string of the molecule is O=C(NN=Cc1cc(Br)cc(Br)c1OC(=O)c1ccco1)C(=Cc1ccc2c(c1)OCO2)NC(=O)c1ccccc1. The number of hydrogen-bond acceptors (Lipinski definition) is 8. The summed E-state index contributed by atoms with van der Waals surface area (Å²) in [5.74, 6) is -0.636. The molecule has 0 atom stereocenters. The highest BCUT2D eigenvalue weighted by molar-refractivity contribution is 9.11. The molecule has 0 bridgehead atoms. The molecule has 1 aliphatic rings. The molecule has 3 aromatic carbocycles. The van der Waals surface area contributed by atoms with Gasteiger partial charge in [-0.1, -0.05) is 40.2 Å². The lowest BCUT2D eigenvalue weighted by atomic mass is 10.1. The first kappa shape index (κ1) is 27.9. The number of hydrazone groups is 1. The summed E-state index contributed by atoms with van der Waals surface area (Å²) in [6, 6.07) is 19.9. The van der Waals surface area contributed by atoms with E-state index in [1.54, 1.807) is 66.7 Å². The van der Waals surface area contributed by atoms with Crippen LogP contribution in [0, 0.1) is 0 Å². The fourth-order valence-electron chi connectivity index (χ4n) is 3.65. The molecule has 0 spiro atoms. The molecule has 0 fully saturated rings. The average molecular weight is 681 g/mol. The monoisotopic (exact) mass is 679 g/mol. The molecular formula is C29H19Br2N3O7. The Hall–Kier alpha value is -4.68. The zero-order valence-electron chi connectivity index (χ0n) is 20.9. The van der Waals surface area contributed by atoms with Crippen molar-refractivity contribution in [2.45, 2.75) is 0 Å². The molecule has 0 saturated carbocycles. The molecule has 2 heterocycles. The van der Waals surface area contributed by atoms with Crippen LogP contribution in [-0.2, 0) is 4.79 Å². The molecule has 1 aliphatic heterocycles. The Bertz CT molecular complexity index is 1670. The largest absolute Gasteiger partial charge is 0.457 e. The van der Waals surface area contributed by atoms with Gasteiger partial charge in [-0.25, -0.2) is 10.2 Å². The fourth-order valence-corrected chi connectivity index (χ4v) is 4.99. The van der Waals surface area contributed by atoms with Crippen LogP contribution in [0.1, 0.15) is 32.0 Å². The second kappa shape index (κ2) is 12.7. The second-order valence-corrected chi connectivity index (χ2v) is 10.1. The van der Waals surface area contributed by atoms with Crippen molar-refractivity contribution in [2.75, 3.05) is 6.79 Å². The Morgan fingerprint density at radius 2 is 1.73 bits per heavy atom. The van der Waals surface area contributed by atoms with Gasteiger partial charge in [-0.15, -0.1) is 0 Å². The standard InChI is InChI=1S/C29H19Br2N3O7/c30-20-13-19(26(21(31)14-20)41-29(37)24-7-4-10-38-24)15-32-34-28(36)22(33-27(35)18-5-2-1-3-6-18)11-17-8-9-23-25(12-17)40-16-39-23/h1-15H,16H2,(H,33,35)(H,34,36). The van der Waals surface area contributed by atoms with E-state index in [0.29, 0.717) is 37.1 Å². The molecular weight excluding hydrogens is 662 g/mol. The number of ether oxygens (including phenoxy) is 3. The molecule has 2 N–H and O–H groups in total. The third-order valence-corrected chi connectivity index (χ3v) is 6.61. The molecule has 4 aromatic rings. The highest BCUT2D eigenvalue weighted by Crippen LogP contribution is 2.34. The van der Waals surface area contributed by atoms with Crippen LogP contribution in [0.2, 0.25) is 0 Å². The summed E-state index contributed by atoms with van der Waals surface area (Å²) in [4.78, 5) is 38.6. The molecule has 12 heteroatoms. The van der Waals surface area contributed by atoms with Crippen LogP contribution >= 0.6 is 31.9 Å². The van der Waals surface area contributed by atoms with Crippen LogP contribution in [0.4, 0.5) is 0 Å². The lowest BCUT2D eigenvalue weighted by Gasteiger charge is -2.11. The van der Waals surface area contributed by atoms with E-state index in [4.69, 9.17) is 18.6 Å². The van der Waals surface area contributed by atoms with Crippen molar-refractivity contribution >= 4 is 61.9 Å². The van der Waals surface area contributed by atoms with Gasteiger partial charge >= 0.3 is 5.97 Å². The van der Waals surface area contributed by atoms with E-state index in [2.05, 4.69) is 47.7 Å². The lowest BCUT2D eigenvalue weighted by molar-refractivity contribution is -0.117. The third kappa shape index (κ3) is 6.91. The summed E-state index contributed by atoms with van der Waals surface area (Å²) < 4.78 is 22.5. The van der Waals surface area contributed by atoms with Crippen molar-refractivity contribution in [3.05, 3.63) is 116 Å². The number of amides is 2. The Labute approximate surface area is 250 Å². The summed E-state index contributed by atoms with van der Waals surface area (Å²) in [5, 5.41) is 6.68. The number of benzene rings is 3. The number of fused-ring (bicyclic) bond motifs is 1. The van der Waals surface area contributed by atoms with Gasteiger partial charge < -0.3 is 23.9 Å². The van der Waals surface area contributed by atoms with Gasteiger partial charge in [-0.2, -0.15) is 5.10 Å². The van der Waals surface area contributed by atoms with Crippen LogP contribution in [0.5, 0.6) is 17.2 Å². The fraction of sp³-hybridized carbons (Fsp3) is 0.0345. The van der Waals surface area contributed by atoms with Crippen molar-refractivity contribution in [3.63, 3.8) is 0 Å². The number of carbonyl (C=O) groups excluding carboxylic acids is 3. The lowest BCUT2D eigenvalue weighted by Crippen LogP contribution is -2.32. The van der Waals surface area contributed by atoms with Gasteiger partial charge in [-0.05, 0) is 76.1 Å². The van der Waals surface area contributed by atoms with E-state index in [1.165, 1.54) is 24.6 Å². The number of esters is 1. The predicted octanol–water partition coefficient (Wildman–Crippen LogP) is 5.67. The van der Waals surface area contributed by atoms with Gasteiger partial charge in [0.2, 0.25) is 12.6 Å². The number of furan rings is 1. The molecule has 0 radical (unpaired) electrons. The van der Waals surface area contributed by atoms with Gasteiger partial charge in [0.15, 0.2) is 17.2 Å². The number of nitrogens with one attached hydrogen (secondary N) is 2. The zero-order chi connectivity index (χ0) is 28.8. The van der Waals surface area contributed by atoms with Crippen LogP contribution in [-0.4, -0.2) is 30.8 Å². The molecule has 10 nitrogen and oxygen atoms in total. The Kier molecular flexibility index (Phi) is 8.61. The number of rotatable bonds is 8. The highest BCUT2D eigenvalue weighted by Gasteiger charge is 2.19. The van der Waals surface area contributed by atoms with Crippen molar-refractivity contribution < 1.29 is 33.0 Å². The molecule has 206 valence electrons. The molecule has 41 heavy (non-hydrogen) atoms. The van der Waals surface area contributed by atoms with Crippen LogP contribution in [0.3, 0.4) is 0 Å². The number of nitrogens with zero attached hydrogens (tertiary/aromatic N) is 1. The number of carbonyl (C=O) groups is 3. The third-order valence-electron chi connectivity index (χ3n) is 5.56. The quantitative estimate of drug-likeness (QED) is 0.0807. The van der Waals surface area contributed by atoms with Crippen molar-refractivity contribution in [1.29, 1.82) is 0 Å². The smallest absolute Gasteiger partial charge is 0.379 e. The first-order valence-electron chi connectivity index (χ1n) is 11.9. The first-order chi connectivity index (χ1) is 19.9. The van der Waals surface area contributed by atoms with Gasteiger partial charge in [0.1, 0.15) is 5.70 Å². The minimum absolute atomic E-state index is 0.0171. The summed E-state index contributed by atoms with van der Waals surface area (Å²) in [6.45, 7) is 0.0971. The van der Waals surface area contributed by atoms with Crippen molar-refractivity contribution in [2.24, 2.45) is 5.10 Å². The summed E-state index contributed by atoms with van der Waals surface area (Å²) in [6.07, 6.45) is 4.14. The summed E-state index contributed by atoms with van der Waals surface area (Å²) in [7, 11) is 0. The first-order valence-corrected chi connectivity index (χ1v) is 13.5. The van der Waals surface area contributed by atoms with Gasteiger partial charge in [0.25, 0.3) is 11.8 Å². The Balaban J connectivity index is 1.38. The predicted molar refractivity (Wildman–Crippen MR) is 156 cm³/mol. The molecule has 2 amide bonds. The highest BCUT2D eigenvalue weighted by atomic mass is 79.9. The minimum atomic E-state index is -0.714. The number of hydrogen-bond donors (Lipinski definition) is 2. The molecule has 1 aromatic heterocycles.